The summed E-state index contributed by atoms with van der Waals surface area (Å²) in [4.78, 5) is 84.3. The Morgan fingerprint density at radius 1 is 0.552 bits per heavy atom. The summed E-state index contributed by atoms with van der Waals surface area (Å²) in [5, 5.41) is 30.6. The number of hydrogen-bond acceptors (Lipinski definition) is 14. The zero-order chi connectivity index (χ0) is 49.4. The number of unbranched alkanes of at least 4 members (excludes halogenated alkanes) is 20. The first-order valence-corrected chi connectivity index (χ1v) is 26.9. The van der Waals surface area contributed by atoms with Crippen LogP contribution < -0.4 is 32.4 Å². The van der Waals surface area contributed by atoms with Crippen LogP contribution in [0.5, 0.6) is 0 Å². The van der Waals surface area contributed by atoms with Gasteiger partial charge in [0.15, 0.2) is 9.84 Å². The highest BCUT2D eigenvalue weighted by molar-refractivity contribution is 7.92. The molecule has 0 saturated carbocycles. The van der Waals surface area contributed by atoms with Gasteiger partial charge in [-0.1, -0.05) is 116 Å². The molecule has 1 rings (SSSR count). The Morgan fingerprint density at radius 3 is 1.52 bits per heavy atom. The lowest BCUT2D eigenvalue weighted by molar-refractivity contribution is -0.143. The number of ketones is 2. The van der Waals surface area contributed by atoms with Crippen LogP contribution in [0.2, 0.25) is 0 Å². The summed E-state index contributed by atoms with van der Waals surface area (Å²) in [6.07, 6.45) is 24.4. The molecule has 0 saturated heterocycles. The Morgan fingerprint density at radius 2 is 1.01 bits per heavy atom. The monoisotopic (exact) mass is 972 g/mol. The number of methoxy groups -OCH3 is 1. The van der Waals surface area contributed by atoms with E-state index in [1.165, 1.54) is 58.5 Å². The molecular formula is C47H85N7O12S. The second-order valence-electron chi connectivity index (χ2n) is 17.8. The van der Waals surface area contributed by atoms with Gasteiger partial charge >= 0.3 is 11.9 Å². The Hall–Kier alpha value is -4.17. The fourth-order valence-corrected chi connectivity index (χ4v) is 9.04. The average Bonchev–Trinajstić information content (AvgIpc) is 3.80. The highest BCUT2D eigenvalue weighted by atomic mass is 32.2. The zero-order valence-corrected chi connectivity index (χ0v) is 41.3. The van der Waals surface area contributed by atoms with Crippen LogP contribution >= 0.6 is 0 Å². The van der Waals surface area contributed by atoms with E-state index in [0.29, 0.717) is 13.0 Å². The van der Waals surface area contributed by atoms with Crippen LogP contribution in [-0.4, -0.2) is 110 Å². The third kappa shape index (κ3) is 36.5. The van der Waals surface area contributed by atoms with Crippen molar-refractivity contribution in [2.75, 3.05) is 31.8 Å². The summed E-state index contributed by atoms with van der Waals surface area (Å²) >= 11 is 0. The van der Waals surface area contributed by atoms with E-state index in [4.69, 9.17) is 4.74 Å². The molecule has 2 atom stereocenters. The summed E-state index contributed by atoms with van der Waals surface area (Å²) < 4.78 is 29.7. The summed E-state index contributed by atoms with van der Waals surface area (Å²) in [6, 6.07) is -2.59. The molecule has 1 aliphatic rings. The summed E-state index contributed by atoms with van der Waals surface area (Å²) in [6.45, 7) is 0.741. The van der Waals surface area contributed by atoms with Crippen LogP contribution in [0.3, 0.4) is 0 Å². The largest absolute Gasteiger partial charge is 0.480 e. The number of amidine groups is 1. The normalized spacial score (nSPS) is 13.2. The SMILES string of the molecule is COCCC(=O)CCC(NC(=O)CCC(NC(=O)CCCCCCCCCCCNC(=O)CCCS(=O)(=O)CC(=O)CCCCCCCCCCCCCCCC1=NNNN1)C(=O)O)C(=O)O. The predicted molar refractivity (Wildman–Crippen MR) is 257 cm³/mol. The van der Waals surface area contributed by atoms with E-state index in [9.17, 15) is 52.2 Å². The van der Waals surface area contributed by atoms with Crippen molar-refractivity contribution in [1.29, 1.82) is 0 Å². The van der Waals surface area contributed by atoms with Gasteiger partial charge in [0.05, 0.1) is 12.4 Å². The van der Waals surface area contributed by atoms with Gasteiger partial charge in [-0.3, -0.25) is 29.4 Å². The quantitative estimate of drug-likeness (QED) is 0.0332. The van der Waals surface area contributed by atoms with E-state index in [1.54, 1.807) is 0 Å². The number of hydrazone groups is 1. The van der Waals surface area contributed by atoms with Gasteiger partial charge in [-0.05, 0) is 44.9 Å². The van der Waals surface area contributed by atoms with E-state index in [-0.39, 0.29) is 87.6 Å². The third-order valence-electron chi connectivity index (χ3n) is 11.7. The molecule has 1 aliphatic heterocycles. The first-order valence-electron chi connectivity index (χ1n) is 25.1. The molecule has 0 aliphatic carbocycles. The standard InChI is InChI=1S/C47H85N7O12S/c1-66-35-33-38(55)29-30-40(46(60)61)50-45(59)32-31-41(47(62)63)49-44(58)27-22-18-14-10-7-11-15-19-23-34-48-43(57)28-24-36-67(64,65)37-39(56)25-20-16-12-8-5-3-2-4-6-9-13-17-21-26-42-51-53-54-52-42/h40-41,53-54H,2-37H2,1H3,(H,48,57)(H,49,58)(H,50,59)(H,51,52)(H,60,61)(H,62,63). The summed E-state index contributed by atoms with van der Waals surface area (Å²) in [5.74, 6) is -4.00. The van der Waals surface area contributed by atoms with Crippen molar-refractivity contribution < 1.29 is 56.9 Å². The maximum absolute atomic E-state index is 12.4. The lowest BCUT2D eigenvalue weighted by atomic mass is 10.0. The lowest BCUT2D eigenvalue weighted by Crippen LogP contribution is -2.44. The van der Waals surface area contributed by atoms with Crippen molar-refractivity contribution in [3.63, 3.8) is 0 Å². The topological polar surface area (TPSA) is 288 Å². The number of carbonyl (C=O) groups excluding carboxylic acids is 5. The van der Waals surface area contributed by atoms with Crippen molar-refractivity contribution in [3.05, 3.63) is 0 Å². The number of sulfone groups is 1. The van der Waals surface area contributed by atoms with Gasteiger partial charge in [0.2, 0.25) is 17.7 Å². The summed E-state index contributed by atoms with van der Waals surface area (Å²) in [7, 11) is -2.09. The minimum Gasteiger partial charge on any atom is -0.480 e. The van der Waals surface area contributed by atoms with E-state index in [1.807, 2.05) is 0 Å². The molecule has 19 nitrogen and oxygen atoms in total. The zero-order valence-electron chi connectivity index (χ0n) is 40.4. The van der Waals surface area contributed by atoms with Gasteiger partial charge in [0.25, 0.3) is 0 Å². The molecule has 0 fully saturated rings. The van der Waals surface area contributed by atoms with E-state index < -0.39 is 51.4 Å². The number of aliphatic carboxylic acids is 2. The number of carboxylic acids is 2. The van der Waals surface area contributed by atoms with Crippen LogP contribution in [0, 0.1) is 0 Å². The number of hydrogen-bond donors (Lipinski definition) is 8. The van der Waals surface area contributed by atoms with E-state index in [0.717, 1.165) is 95.7 Å². The number of Topliss-reactive ketones (excluding diaryl/α,β-unsaturated/α-hetero) is 2. The Kier molecular flexibility index (Phi) is 36.1. The molecule has 0 aromatic rings. The smallest absolute Gasteiger partial charge is 0.326 e. The van der Waals surface area contributed by atoms with Gasteiger partial charge in [-0.2, -0.15) is 0 Å². The molecule has 0 spiro atoms. The van der Waals surface area contributed by atoms with E-state index in [2.05, 4.69) is 37.5 Å². The van der Waals surface area contributed by atoms with Gasteiger partial charge < -0.3 is 30.9 Å². The Balaban J connectivity index is 1.97. The number of amides is 3. The maximum atomic E-state index is 12.4. The Labute approximate surface area is 399 Å². The van der Waals surface area contributed by atoms with Crippen molar-refractivity contribution in [1.82, 2.24) is 32.4 Å². The molecule has 1 heterocycles. The number of nitrogens with zero attached hydrogens (tertiary/aromatic N) is 1. The molecular weight excluding hydrogens is 887 g/mol. The number of ether oxygens (including phenoxy) is 1. The van der Waals surface area contributed by atoms with E-state index >= 15 is 0 Å². The van der Waals surface area contributed by atoms with Gasteiger partial charge in [-0.15, -0.1) is 10.6 Å². The molecule has 0 radical (unpaired) electrons. The second-order valence-corrected chi connectivity index (χ2v) is 20.0. The van der Waals surface area contributed by atoms with Gasteiger partial charge in [0.1, 0.15) is 35.2 Å². The maximum Gasteiger partial charge on any atom is 0.326 e. The number of rotatable bonds is 47. The molecule has 0 bridgehead atoms. The second kappa shape index (κ2) is 39.8. The van der Waals surface area contributed by atoms with Gasteiger partial charge in [0, 0.05) is 58.6 Å². The predicted octanol–water partition coefficient (Wildman–Crippen LogP) is 5.85. The van der Waals surface area contributed by atoms with Crippen LogP contribution in [-0.2, 0) is 48.1 Å². The van der Waals surface area contributed by atoms with Gasteiger partial charge in [-0.25, -0.2) is 23.5 Å². The number of carboxylic acid groups (broad SMARTS) is 2. The third-order valence-corrected chi connectivity index (χ3v) is 13.4. The first kappa shape index (κ1) is 60.8. The van der Waals surface area contributed by atoms with Crippen molar-refractivity contribution in [3.8, 4) is 0 Å². The molecule has 8 N–H and O–H groups in total. The molecule has 67 heavy (non-hydrogen) atoms. The average molecular weight is 972 g/mol. The molecule has 3 amide bonds. The van der Waals surface area contributed by atoms with Crippen LogP contribution in [0.15, 0.2) is 5.10 Å². The molecule has 0 aromatic carbocycles. The van der Waals surface area contributed by atoms with Crippen LogP contribution in [0.1, 0.15) is 205 Å². The van der Waals surface area contributed by atoms with Crippen molar-refractivity contribution >= 4 is 56.9 Å². The van der Waals surface area contributed by atoms with Crippen LogP contribution in [0.4, 0.5) is 0 Å². The summed E-state index contributed by atoms with van der Waals surface area (Å²) in [5.41, 5.74) is 8.40. The van der Waals surface area contributed by atoms with Crippen molar-refractivity contribution in [2.45, 2.75) is 218 Å². The van der Waals surface area contributed by atoms with Crippen molar-refractivity contribution in [2.24, 2.45) is 5.10 Å². The highest BCUT2D eigenvalue weighted by Gasteiger charge is 2.24. The minimum atomic E-state index is -3.53. The lowest BCUT2D eigenvalue weighted by Gasteiger charge is -2.17. The fraction of sp³-hybridized carbons (Fsp3) is 0.830. The molecule has 2 unspecified atom stereocenters. The number of nitrogens with one attached hydrogen (secondary N) is 6. The fourth-order valence-electron chi connectivity index (χ4n) is 7.68. The minimum absolute atomic E-state index is 0.0531. The first-order chi connectivity index (χ1) is 32.2. The van der Waals surface area contributed by atoms with Crippen LogP contribution in [0.25, 0.3) is 0 Å². The highest BCUT2D eigenvalue weighted by Crippen LogP contribution is 2.15. The number of hydrazine groups is 2. The molecule has 386 valence electrons. The number of carbonyl (C=O) groups is 7. The molecule has 20 heteroatoms. The Bertz CT molecular complexity index is 1580. The molecule has 0 aromatic heterocycles.